The van der Waals surface area contributed by atoms with Crippen LogP contribution < -0.4 is 0 Å². The number of nitrogens with zero attached hydrogens (tertiary/aromatic N) is 1. The standard InChI is InChI=1S/C11H22ClNO/c12-6-2-1-3-7-13-8-4-11(10-14)5-9-13/h11,14H,1-10H2. The third kappa shape index (κ3) is 4.63. The minimum Gasteiger partial charge on any atom is -0.396 e. The maximum Gasteiger partial charge on any atom is 0.0460 e. The lowest BCUT2D eigenvalue weighted by atomic mass is 9.98. The highest BCUT2D eigenvalue weighted by atomic mass is 35.5. The molecule has 1 fully saturated rings. The Morgan fingerprint density at radius 3 is 2.43 bits per heavy atom. The molecule has 0 bridgehead atoms. The largest absolute Gasteiger partial charge is 0.396 e. The lowest BCUT2D eigenvalue weighted by molar-refractivity contribution is 0.130. The molecule has 1 N–H and O–H groups in total. The van der Waals surface area contributed by atoms with Crippen molar-refractivity contribution in [1.82, 2.24) is 4.90 Å². The molecule has 1 aliphatic rings. The second kappa shape index (κ2) is 7.49. The van der Waals surface area contributed by atoms with E-state index in [0.717, 1.165) is 12.3 Å². The summed E-state index contributed by atoms with van der Waals surface area (Å²) in [5.74, 6) is 1.36. The van der Waals surface area contributed by atoms with Crippen molar-refractivity contribution >= 4 is 11.6 Å². The van der Waals surface area contributed by atoms with Crippen LogP contribution in [0.25, 0.3) is 0 Å². The maximum absolute atomic E-state index is 8.99. The Labute approximate surface area is 92.2 Å². The van der Waals surface area contributed by atoms with E-state index in [9.17, 15) is 0 Å². The van der Waals surface area contributed by atoms with Crippen LogP contribution in [-0.4, -0.2) is 42.1 Å². The van der Waals surface area contributed by atoms with Crippen molar-refractivity contribution in [2.45, 2.75) is 32.1 Å². The van der Waals surface area contributed by atoms with Crippen LogP contribution in [0.15, 0.2) is 0 Å². The average Bonchev–Trinajstić information content (AvgIpc) is 2.25. The number of aliphatic hydroxyl groups excluding tert-OH is 1. The third-order valence-electron chi connectivity index (χ3n) is 3.07. The van der Waals surface area contributed by atoms with E-state index in [-0.39, 0.29) is 0 Å². The predicted molar refractivity (Wildman–Crippen MR) is 60.8 cm³/mol. The number of hydrogen-bond donors (Lipinski definition) is 1. The number of piperidine rings is 1. The highest BCUT2D eigenvalue weighted by Gasteiger charge is 2.17. The van der Waals surface area contributed by atoms with Crippen molar-refractivity contribution in [3.63, 3.8) is 0 Å². The van der Waals surface area contributed by atoms with E-state index in [1.807, 2.05) is 0 Å². The average molecular weight is 220 g/mol. The number of aliphatic hydroxyl groups is 1. The van der Waals surface area contributed by atoms with Gasteiger partial charge in [0.15, 0.2) is 0 Å². The second-order valence-electron chi connectivity index (χ2n) is 4.22. The summed E-state index contributed by atoms with van der Waals surface area (Å²) in [4.78, 5) is 2.51. The molecule has 1 aliphatic heterocycles. The summed E-state index contributed by atoms with van der Waals surface area (Å²) in [6.07, 6.45) is 6.02. The van der Waals surface area contributed by atoms with Crippen LogP contribution in [0, 0.1) is 5.92 Å². The Morgan fingerprint density at radius 1 is 1.14 bits per heavy atom. The zero-order chi connectivity index (χ0) is 10.2. The summed E-state index contributed by atoms with van der Waals surface area (Å²) in [5.41, 5.74) is 0. The normalized spacial score (nSPS) is 20.1. The van der Waals surface area contributed by atoms with Gasteiger partial charge in [-0.3, -0.25) is 0 Å². The monoisotopic (exact) mass is 219 g/mol. The molecule has 0 unspecified atom stereocenters. The van der Waals surface area contributed by atoms with Crippen molar-refractivity contribution < 1.29 is 5.11 Å². The molecule has 2 nitrogen and oxygen atoms in total. The molecule has 14 heavy (non-hydrogen) atoms. The number of likely N-dealkylation sites (tertiary alicyclic amines) is 1. The summed E-state index contributed by atoms with van der Waals surface area (Å²) >= 11 is 5.62. The molecule has 0 spiro atoms. The predicted octanol–water partition coefficient (Wildman–Crippen LogP) is 2.10. The quantitative estimate of drug-likeness (QED) is 0.547. The summed E-state index contributed by atoms with van der Waals surface area (Å²) in [6, 6.07) is 0. The van der Waals surface area contributed by atoms with Crippen LogP contribution in [0.3, 0.4) is 0 Å². The van der Waals surface area contributed by atoms with Crippen molar-refractivity contribution in [1.29, 1.82) is 0 Å². The van der Waals surface area contributed by atoms with E-state index in [4.69, 9.17) is 16.7 Å². The van der Waals surface area contributed by atoms with Gasteiger partial charge in [0.1, 0.15) is 0 Å². The number of rotatable bonds is 6. The molecule has 0 saturated carbocycles. The first-order chi connectivity index (χ1) is 6.86. The second-order valence-corrected chi connectivity index (χ2v) is 4.60. The van der Waals surface area contributed by atoms with E-state index in [1.54, 1.807) is 0 Å². The van der Waals surface area contributed by atoms with Crippen molar-refractivity contribution in [3.8, 4) is 0 Å². The molecule has 3 heteroatoms. The van der Waals surface area contributed by atoms with E-state index in [0.29, 0.717) is 12.5 Å². The van der Waals surface area contributed by atoms with Gasteiger partial charge >= 0.3 is 0 Å². The van der Waals surface area contributed by atoms with Crippen LogP contribution in [0.1, 0.15) is 32.1 Å². The zero-order valence-corrected chi connectivity index (χ0v) is 9.68. The van der Waals surface area contributed by atoms with Crippen molar-refractivity contribution in [2.24, 2.45) is 5.92 Å². The molecule has 0 aromatic carbocycles. The third-order valence-corrected chi connectivity index (χ3v) is 3.34. The SMILES string of the molecule is OCC1CCN(CCCCCCl)CC1. The highest BCUT2D eigenvalue weighted by molar-refractivity contribution is 6.17. The first kappa shape index (κ1) is 12.3. The molecule has 1 rings (SSSR count). The highest BCUT2D eigenvalue weighted by Crippen LogP contribution is 2.16. The van der Waals surface area contributed by atoms with Gasteiger partial charge in [0.05, 0.1) is 0 Å². The van der Waals surface area contributed by atoms with Gasteiger partial charge < -0.3 is 10.0 Å². The lowest BCUT2D eigenvalue weighted by Crippen LogP contribution is -2.35. The molecule has 0 aromatic rings. The minimum absolute atomic E-state index is 0.375. The fourth-order valence-electron chi connectivity index (χ4n) is 2.00. The zero-order valence-electron chi connectivity index (χ0n) is 8.92. The first-order valence-electron chi connectivity index (χ1n) is 5.76. The molecule has 0 atom stereocenters. The van der Waals surface area contributed by atoms with Crippen molar-refractivity contribution in [2.75, 3.05) is 32.1 Å². The molecular weight excluding hydrogens is 198 g/mol. The molecule has 0 aliphatic carbocycles. The van der Waals surface area contributed by atoms with Crippen LogP contribution in [0.2, 0.25) is 0 Å². The topological polar surface area (TPSA) is 23.5 Å². The Kier molecular flexibility index (Phi) is 6.57. The van der Waals surface area contributed by atoms with E-state index < -0.39 is 0 Å². The summed E-state index contributed by atoms with van der Waals surface area (Å²) in [7, 11) is 0. The van der Waals surface area contributed by atoms with Gasteiger partial charge in [-0.2, -0.15) is 0 Å². The number of unbranched alkanes of at least 4 members (excludes halogenated alkanes) is 2. The van der Waals surface area contributed by atoms with Crippen molar-refractivity contribution in [3.05, 3.63) is 0 Å². The minimum atomic E-state index is 0.375. The van der Waals surface area contributed by atoms with E-state index in [2.05, 4.69) is 4.90 Å². The molecule has 0 amide bonds. The molecule has 0 aromatic heterocycles. The summed E-state index contributed by atoms with van der Waals surface area (Å²) in [5, 5.41) is 8.99. The maximum atomic E-state index is 8.99. The molecule has 84 valence electrons. The molecular formula is C11H22ClNO. The first-order valence-corrected chi connectivity index (χ1v) is 6.29. The lowest BCUT2D eigenvalue weighted by Gasteiger charge is -2.30. The summed E-state index contributed by atoms with van der Waals surface area (Å²) < 4.78 is 0. The van der Waals surface area contributed by atoms with Crippen LogP contribution >= 0.6 is 11.6 Å². The number of halogens is 1. The van der Waals surface area contributed by atoms with Crippen LogP contribution in [-0.2, 0) is 0 Å². The fraction of sp³-hybridized carbons (Fsp3) is 1.00. The number of alkyl halides is 1. The van der Waals surface area contributed by atoms with Gasteiger partial charge in [-0.25, -0.2) is 0 Å². The van der Waals surface area contributed by atoms with Gasteiger partial charge in [-0.15, -0.1) is 11.6 Å². The van der Waals surface area contributed by atoms with Gasteiger partial charge in [0.2, 0.25) is 0 Å². The molecule has 1 heterocycles. The number of hydrogen-bond acceptors (Lipinski definition) is 2. The van der Waals surface area contributed by atoms with E-state index >= 15 is 0 Å². The Bertz CT molecular complexity index is 135. The molecule has 0 radical (unpaired) electrons. The smallest absolute Gasteiger partial charge is 0.0460 e. The summed E-state index contributed by atoms with van der Waals surface area (Å²) in [6.45, 7) is 3.94. The van der Waals surface area contributed by atoms with Crippen LogP contribution in [0.4, 0.5) is 0 Å². The van der Waals surface area contributed by atoms with Gasteiger partial charge in [-0.1, -0.05) is 6.42 Å². The van der Waals surface area contributed by atoms with Crippen LogP contribution in [0.5, 0.6) is 0 Å². The van der Waals surface area contributed by atoms with Gasteiger partial charge in [0.25, 0.3) is 0 Å². The molecule has 1 saturated heterocycles. The Hall–Kier alpha value is 0.210. The van der Waals surface area contributed by atoms with Gasteiger partial charge in [-0.05, 0) is 51.2 Å². The van der Waals surface area contributed by atoms with E-state index in [1.165, 1.54) is 45.3 Å². The fourth-order valence-corrected chi connectivity index (χ4v) is 2.19. The Balaban J connectivity index is 1.98. The Morgan fingerprint density at radius 2 is 1.86 bits per heavy atom. The van der Waals surface area contributed by atoms with Gasteiger partial charge in [0, 0.05) is 12.5 Å².